The van der Waals surface area contributed by atoms with Gasteiger partial charge in [0, 0.05) is 11.8 Å². The first-order chi connectivity index (χ1) is 12.1. The zero-order chi connectivity index (χ0) is 17.8. The monoisotopic (exact) mass is 336 g/mol. The van der Waals surface area contributed by atoms with Crippen molar-refractivity contribution in [2.75, 3.05) is 12.4 Å². The van der Waals surface area contributed by atoms with Crippen LogP contribution in [0.1, 0.15) is 35.9 Å². The molecule has 1 amide bonds. The summed E-state index contributed by atoms with van der Waals surface area (Å²) < 4.78 is 6.90. The van der Waals surface area contributed by atoms with Gasteiger partial charge in [0.05, 0.1) is 18.5 Å². The van der Waals surface area contributed by atoms with Crippen molar-refractivity contribution in [2.24, 2.45) is 0 Å². The fraction of sp³-hybridized carbons (Fsp3) is 0.211. The first-order valence-corrected chi connectivity index (χ1v) is 8.06. The van der Waals surface area contributed by atoms with E-state index < -0.39 is 0 Å². The molecule has 6 nitrogen and oxygen atoms in total. The Morgan fingerprint density at radius 2 is 1.88 bits per heavy atom. The summed E-state index contributed by atoms with van der Waals surface area (Å²) in [5.74, 6) is 0.468. The van der Waals surface area contributed by atoms with Crippen LogP contribution >= 0.6 is 0 Å². The van der Waals surface area contributed by atoms with Gasteiger partial charge in [0.1, 0.15) is 5.75 Å². The van der Waals surface area contributed by atoms with Crippen LogP contribution in [0.25, 0.3) is 5.69 Å². The number of para-hydroxylation sites is 1. The van der Waals surface area contributed by atoms with Gasteiger partial charge in [-0.15, -0.1) is 5.10 Å². The lowest BCUT2D eigenvalue weighted by molar-refractivity contribution is 0.102. The molecule has 0 aliphatic heterocycles. The van der Waals surface area contributed by atoms with E-state index in [1.54, 1.807) is 23.9 Å². The van der Waals surface area contributed by atoms with E-state index in [1.807, 2.05) is 56.3 Å². The van der Waals surface area contributed by atoms with Crippen molar-refractivity contribution in [1.29, 1.82) is 0 Å². The molecule has 0 saturated carbocycles. The van der Waals surface area contributed by atoms with Gasteiger partial charge in [-0.25, -0.2) is 4.68 Å². The number of anilines is 1. The molecule has 0 unspecified atom stereocenters. The minimum Gasteiger partial charge on any atom is -0.497 e. The molecule has 1 N–H and O–H groups in total. The van der Waals surface area contributed by atoms with E-state index in [2.05, 4.69) is 15.6 Å². The molecule has 0 bridgehead atoms. The zero-order valence-corrected chi connectivity index (χ0v) is 14.4. The predicted molar refractivity (Wildman–Crippen MR) is 96.4 cm³/mol. The van der Waals surface area contributed by atoms with Gasteiger partial charge >= 0.3 is 0 Å². The van der Waals surface area contributed by atoms with Crippen LogP contribution in [0.15, 0.2) is 54.6 Å². The third kappa shape index (κ3) is 3.52. The lowest BCUT2D eigenvalue weighted by atomic mass is 10.1. The van der Waals surface area contributed by atoms with Gasteiger partial charge in [0.2, 0.25) is 0 Å². The smallest absolute Gasteiger partial charge is 0.278 e. The quantitative estimate of drug-likeness (QED) is 0.772. The van der Waals surface area contributed by atoms with E-state index >= 15 is 0 Å². The number of nitrogens with zero attached hydrogens (tertiary/aromatic N) is 3. The summed E-state index contributed by atoms with van der Waals surface area (Å²) in [7, 11) is 1.59. The molecular weight excluding hydrogens is 316 g/mol. The number of carbonyl (C=O) groups excluding carboxylic acids is 1. The highest BCUT2D eigenvalue weighted by Crippen LogP contribution is 2.23. The number of benzene rings is 2. The summed E-state index contributed by atoms with van der Waals surface area (Å²) in [6, 6.07) is 16.9. The van der Waals surface area contributed by atoms with Crippen LogP contribution in [0.3, 0.4) is 0 Å². The molecule has 3 aromatic rings. The van der Waals surface area contributed by atoms with Crippen molar-refractivity contribution in [3.8, 4) is 11.4 Å². The van der Waals surface area contributed by atoms with E-state index in [1.165, 1.54) is 0 Å². The molecule has 0 atom stereocenters. The van der Waals surface area contributed by atoms with Crippen molar-refractivity contribution in [3.05, 3.63) is 66.0 Å². The summed E-state index contributed by atoms with van der Waals surface area (Å²) in [5, 5.41) is 11.2. The predicted octanol–water partition coefficient (Wildman–Crippen LogP) is 3.65. The summed E-state index contributed by atoms with van der Waals surface area (Å²) in [6.07, 6.45) is 0. The van der Waals surface area contributed by atoms with Gasteiger partial charge in [-0.2, -0.15) is 0 Å². The molecule has 3 rings (SSSR count). The van der Waals surface area contributed by atoms with Gasteiger partial charge < -0.3 is 10.1 Å². The van der Waals surface area contributed by atoms with Crippen LogP contribution < -0.4 is 10.1 Å². The number of rotatable bonds is 5. The normalized spacial score (nSPS) is 10.7. The lowest BCUT2D eigenvalue weighted by Crippen LogP contribution is -2.16. The van der Waals surface area contributed by atoms with Gasteiger partial charge in [-0.05, 0) is 30.2 Å². The largest absolute Gasteiger partial charge is 0.497 e. The second-order valence-corrected chi connectivity index (χ2v) is 5.91. The minimum absolute atomic E-state index is 0.0845. The second kappa shape index (κ2) is 7.17. The molecule has 0 spiro atoms. The number of hydrogen-bond acceptors (Lipinski definition) is 4. The fourth-order valence-corrected chi connectivity index (χ4v) is 2.62. The summed E-state index contributed by atoms with van der Waals surface area (Å²) >= 11 is 0. The van der Waals surface area contributed by atoms with Crippen molar-refractivity contribution < 1.29 is 9.53 Å². The number of nitrogens with one attached hydrogen (secondary N) is 1. The molecule has 0 fully saturated rings. The first-order valence-electron chi connectivity index (χ1n) is 8.06. The maximum absolute atomic E-state index is 12.7. The van der Waals surface area contributed by atoms with Crippen LogP contribution in [0.5, 0.6) is 5.75 Å². The van der Waals surface area contributed by atoms with Gasteiger partial charge in [0.15, 0.2) is 5.69 Å². The van der Waals surface area contributed by atoms with Gasteiger partial charge in [-0.3, -0.25) is 4.79 Å². The average molecular weight is 336 g/mol. The van der Waals surface area contributed by atoms with E-state index in [0.717, 1.165) is 11.4 Å². The number of ether oxygens (including phenoxy) is 1. The molecule has 128 valence electrons. The van der Waals surface area contributed by atoms with Crippen molar-refractivity contribution in [3.63, 3.8) is 0 Å². The Labute approximate surface area is 146 Å². The highest BCUT2D eigenvalue weighted by Gasteiger charge is 2.23. The molecule has 0 aliphatic carbocycles. The maximum Gasteiger partial charge on any atom is 0.278 e. The van der Waals surface area contributed by atoms with Crippen molar-refractivity contribution >= 4 is 11.6 Å². The zero-order valence-electron chi connectivity index (χ0n) is 14.4. The Morgan fingerprint density at radius 1 is 1.12 bits per heavy atom. The van der Waals surface area contributed by atoms with E-state index in [0.29, 0.717) is 17.1 Å². The highest BCUT2D eigenvalue weighted by molar-refractivity contribution is 6.03. The Hall–Kier alpha value is -3.15. The Balaban J connectivity index is 1.94. The van der Waals surface area contributed by atoms with Crippen LogP contribution in [0, 0.1) is 0 Å². The molecule has 6 heteroatoms. The summed E-state index contributed by atoms with van der Waals surface area (Å²) in [5.41, 5.74) is 2.61. The Kier molecular flexibility index (Phi) is 4.79. The molecule has 1 heterocycles. The number of amides is 1. The molecule has 2 aromatic carbocycles. The van der Waals surface area contributed by atoms with Crippen LogP contribution in [0.2, 0.25) is 0 Å². The van der Waals surface area contributed by atoms with E-state index in [9.17, 15) is 4.79 Å². The standard InChI is InChI=1S/C19H20N4O2/c1-13(2)18-17(21-22-23(18)15-9-5-4-6-10-15)19(24)20-14-8-7-11-16(12-14)25-3/h4-13H,1-3H3,(H,20,24). The lowest BCUT2D eigenvalue weighted by Gasteiger charge is -2.11. The Morgan fingerprint density at radius 3 is 2.56 bits per heavy atom. The van der Waals surface area contributed by atoms with E-state index in [4.69, 9.17) is 4.74 Å². The number of carbonyl (C=O) groups is 1. The number of aromatic nitrogens is 3. The SMILES string of the molecule is COc1cccc(NC(=O)c2nnn(-c3ccccc3)c2C(C)C)c1. The molecule has 0 saturated heterocycles. The topological polar surface area (TPSA) is 69.0 Å². The number of methoxy groups -OCH3 is 1. The first kappa shape index (κ1) is 16.7. The van der Waals surface area contributed by atoms with Crippen LogP contribution in [-0.2, 0) is 0 Å². The minimum atomic E-state index is -0.292. The fourth-order valence-electron chi connectivity index (χ4n) is 2.62. The highest BCUT2D eigenvalue weighted by atomic mass is 16.5. The second-order valence-electron chi connectivity index (χ2n) is 5.91. The summed E-state index contributed by atoms with van der Waals surface area (Å²) in [4.78, 5) is 12.7. The van der Waals surface area contributed by atoms with E-state index in [-0.39, 0.29) is 11.8 Å². The van der Waals surface area contributed by atoms with Gasteiger partial charge in [-0.1, -0.05) is 43.3 Å². The third-order valence-electron chi connectivity index (χ3n) is 3.80. The van der Waals surface area contributed by atoms with Crippen LogP contribution in [0.4, 0.5) is 5.69 Å². The molecule has 1 aromatic heterocycles. The maximum atomic E-state index is 12.7. The van der Waals surface area contributed by atoms with Gasteiger partial charge in [0.25, 0.3) is 5.91 Å². The van der Waals surface area contributed by atoms with Crippen molar-refractivity contribution in [1.82, 2.24) is 15.0 Å². The molecule has 25 heavy (non-hydrogen) atoms. The number of hydrogen-bond donors (Lipinski definition) is 1. The molecule has 0 aliphatic rings. The average Bonchev–Trinajstić information content (AvgIpc) is 3.08. The Bertz CT molecular complexity index is 872. The third-order valence-corrected chi connectivity index (χ3v) is 3.80. The molecular formula is C19H20N4O2. The van der Waals surface area contributed by atoms with Crippen molar-refractivity contribution in [2.45, 2.75) is 19.8 Å². The van der Waals surface area contributed by atoms with Crippen LogP contribution in [-0.4, -0.2) is 28.0 Å². The molecule has 0 radical (unpaired) electrons. The summed E-state index contributed by atoms with van der Waals surface area (Å²) in [6.45, 7) is 4.03.